The van der Waals surface area contributed by atoms with Gasteiger partial charge in [0.2, 0.25) is 0 Å². The van der Waals surface area contributed by atoms with Crippen LogP contribution in [0.3, 0.4) is 0 Å². The van der Waals surface area contributed by atoms with Crippen LogP contribution in [0.4, 0.5) is 11.4 Å². The summed E-state index contributed by atoms with van der Waals surface area (Å²) in [6, 6.07) is 20.2. The van der Waals surface area contributed by atoms with Crippen LogP contribution in [0, 0.1) is 13.8 Å². The fourth-order valence-corrected chi connectivity index (χ4v) is 7.66. The van der Waals surface area contributed by atoms with Gasteiger partial charge in [0.05, 0.1) is 22.8 Å². The molecular weight excluding hydrogens is 675 g/mol. The summed E-state index contributed by atoms with van der Waals surface area (Å²) in [5.74, 6) is 0. The summed E-state index contributed by atoms with van der Waals surface area (Å²) >= 11 is 1.82. The van der Waals surface area contributed by atoms with E-state index in [1.807, 2.05) is 14.4 Å². The number of hydrogen-bond donors (Lipinski definition) is 0. The van der Waals surface area contributed by atoms with Crippen LogP contribution in [0.1, 0.15) is 173 Å². The summed E-state index contributed by atoms with van der Waals surface area (Å²) < 4.78 is 0. The second-order valence-corrected chi connectivity index (χ2v) is 16.3. The Bertz CT molecular complexity index is 1450. The van der Waals surface area contributed by atoms with E-state index in [1.54, 1.807) is 5.56 Å². The van der Waals surface area contributed by atoms with Crippen LogP contribution in [0.5, 0.6) is 0 Å². The van der Waals surface area contributed by atoms with Crippen molar-refractivity contribution in [2.24, 2.45) is 9.98 Å². The van der Waals surface area contributed by atoms with Crippen molar-refractivity contribution in [2.45, 2.75) is 189 Å². The van der Waals surface area contributed by atoms with Gasteiger partial charge in [0.1, 0.15) is 0 Å². The van der Waals surface area contributed by atoms with Gasteiger partial charge in [0.15, 0.2) is 0 Å². The molecule has 0 bridgehead atoms. The molecule has 0 N–H and O–H groups in total. The van der Waals surface area contributed by atoms with Crippen molar-refractivity contribution >= 4 is 22.8 Å². The van der Waals surface area contributed by atoms with Gasteiger partial charge in [0.25, 0.3) is 0 Å². The minimum absolute atomic E-state index is 0.860. The van der Waals surface area contributed by atoms with Crippen LogP contribution in [-0.2, 0) is 33.7 Å². The van der Waals surface area contributed by atoms with Crippen molar-refractivity contribution in [3.8, 4) is 11.1 Å². The molecule has 292 valence electrons. The van der Waals surface area contributed by atoms with Crippen LogP contribution in [0.2, 0.25) is 10.8 Å². The molecule has 3 aromatic rings. The third kappa shape index (κ3) is 17.1. The van der Waals surface area contributed by atoms with Crippen molar-refractivity contribution in [1.82, 2.24) is 0 Å². The molecule has 0 saturated heterocycles. The van der Waals surface area contributed by atoms with Crippen LogP contribution in [0.15, 0.2) is 64.6 Å². The maximum atomic E-state index is 5.27. The Morgan fingerprint density at radius 3 is 1.63 bits per heavy atom. The molecule has 3 aromatic carbocycles. The normalized spacial score (nSPS) is 11.9. The third-order valence-electron chi connectivity index (χ3n) is 10.0. The van der Waals surface area contributed by atoms with E-state index in [9.17, 15) is 0 Å². The molecule has 0 aliphatic heterocycles. The van der Waals surface area contributed by atoms with Crippen molar-refractivity contribution in [1.29, 1.82) is 0 Å². The van der Waals surface area contributed by atoms with E-state index in [4.69, 9.17) is 9.98 Å². The first-order valence-electron chi connectivity index (χ1n) is 21.2. The van der Waals surface area contributed by atoms with E-state index in [0.717, 1.165) is 42.1 Å². The Hall–Kier alpha value is -2.51. The molecule has 0 aliphatic rings. The molecule has 0 radical (unpaired) electrons. The van der Waals surface area contributed by atoms with Crippen LogP contribution >= 0.6 is 0 Å². The second-order valence-electron chi connectivity index (χ2n) is 14.4. The summed E-state index contributed by atoms with van der Waals surface area (Å²) in [6.07, 6.45) is 22.7. The van der Waals surface area contributed by atoms with Gasteiger partial charge in [-0.3, -0.25) is 9.98 Å². The fourth-order valence-electron chi connectivity index (χ4n) is 7.17. The average molecular weight is 752 g/mol. The van der Waals surface area contributed by atoms with Gasteiger partial charge >= 0.3 is 39.1 Å². The summed E-state index contributed by atoms with van der Waals surface area (Å²) in [5.41, 5.74) is 14.2. The van der Waals surface area contributed by atoms with E-state index in [-0.39, 0.29) is 0 Å². The Labute approximate surface area is 328 Å². The zero-order valence-corrected chi connectivity index (χ0v) is 36.0. The topological polar surface area (TPSA) is 24.7 Å². The maximum absolute atomic E-state index is 5.27. The molecule has 52 heavy (non-hydrogen) atoms. The first-order chi connectivity index (χ1) is 25.3. The average Bonchev–Trinajstić information content (AvgIpc) is 3.14. The van der Waals surface area contributed by atoms with Crippen LogP contribution in [-0.4, -0.2) is 11.4 Å². The van der Waals surface area contributed by atoms with Crippen LogP contribution < -0.4 is 0 Å². The number of aryl methyl sites for hydroxylation is 4. The van der Waals surface area contributed by atoms with Gasteiger partial charge in [-0.05, 0) is 129 Å². The molecule has 0 spiro atoms. The molecule has 3 heteroatoms. The van der Waals surface area contributed by atoms with Gasteiger partial charge in [-0.15, -0.1) is 0 Å². The van der Waals surface area contributed by atoms with Gasteiger partial charge < -0.3 is 0 Å². The van der Waals surface area contributed by atoms with E-state index < -0.39 is 0 Å². The Balaban J connectivity index is 0.00000175. The molecule has 0 fully saturated rings. The van der Waals surface area contributed by atoms with Crippen LogP contribution in [0.25, 0.3) is 11.1 Å². The molecule has 3 rings (SSSR count). The predicted octanol–water partition coefficient (Wildman–Crippen LogP) is 16.3. The number of rotatable bonds is 24. The molecule has 0 saturated carbocycles. The van der Waals surface area contributed by atoms with E-state index >= 15 is 0 Å². The molecule has 0 amide bonds. The first kappa shape index (κ1) is 45.7. The SMILES string of the molecule is CCCCCCCCc1cc(N=C(CC)C(C)=Nc2cc(C)c(CCCCCCCC)c(CCCC)c2)cc(C)c1-c1ccccc1.C[CH2][Ni][CH2]C. The summed E-state index contributed by atoms with van der Waals surface area (Å²) in [5, 5.41) is 2.56. The summed E-state index contributed by atoms with van der Waals surface area (Å²) in [7, 11) is 0. The summed E-state index contributed by atoms with van der Waals surface area (Å²) in [6.45, 7) is 20.2. The van der Waals surface area contributed by atoms with Crippen molar-refractivity contribution in [2.75, 3.05) is 0 Å². The molecule has 0 aromatic heterocycles. The quantitative estimate of drug-likeness (QED) is 0.0495. The molecule has 0 heterocycles. The fraction of sp³-hybridized carbons (Fsp3) is 0.592. The number of unbranched alkanes of at least 4 members (excludes halogenated alkanes) is 11. The van der Waals surface area contributed by atoms with E-state index in [2.05, 4.69) is 117 Å². The van der Waals surface area contributed by atoms with E-state index in [0.29, 0.717) is 0 Å². The number of hydrogen-bond acceptors (Lipinski definition) is 2. The van der Waals surface area contributed by atoms with Crippen molar-refractivity contribution < 1.29 is 14.4 Å². The Morgan fingerprint density at radius 2 is 1.06 bits per heavy atom. The molecule has 2 nitrogen and oxygen atoms in total. The number of benzene rings is 3. The van der Waals surface area contributed by atoms with E-state index in [1.165, 1.54) is 140 Å². The monoisotopic (exact) mass is 751 g/mol. The van der Waals surface area contributed by atoms with Gasteiger partial charge in [-0.25, -0.2) is 0 Å². The zero-order valence-electron chi connectivity index (χ0n) is 35.0. The van der Waals surface area contributed by atoms with Crippen molar-refractivity contribution in [3.63, 3.8) is 0 Å². The molecule has 0 atom stereocenters. The molecular formula is C49H76N2Ni. The number of aliphatic imine (C=N–C) groups is 2. The zero-order chi connectivity index (χ0) is 38.0. The Kier molecular flexibility index (Phi) is 24.6. The molecule has 0 aliphatic carbocycles. The minimum atomic E-state index is 0.860. The molecule has 0 unspecified atom stereocenters. The second kappa shape index (κ2) is 28.0. The van der Waals surface area contributed by atoms with Gasteiger partial charge in [0, 0.05) is 0 Å². The number of nitrogens with zero attached hydrogens (tertiary/aromatic N) is 2. The standard InChI is InChI=1S/C45H66N2.2C2H5.Ni/c1-8-12-15-17-19-22-29-40-34-42(32-36(6)45(40)38-27-23-21-24-28-38)47-44(11-4)37(7)46-41-31-35(5)43(39(33-41)26-14-10-3)30-25-20-18-16-13-9-2;2*1-2;/h21,23-24,27-28,31-34H,8-20,22,25-26,29-30H2,1-7H3;2*1H2,2H3;. The third-order valence-corrected chi connectivity index (χ3v) is 11.0. The Morgan fingerprint density at radius 1 is 0.538 bits per heavy atom. The van der Waals surface area contributed by atoms with Gasteiger partial charge in [-0.2, -0.15) is 0 Å². The summed E-state index contributed by atoms with van der Waals surface area (Å²) in [4.78, 5) is 10.5. The van der Waals surface area contributed by atoms with Gasteiger partial charge in [-0.1, -0.05) is 129 Å². The van der Waals surface area contributed by atoms with Crippen molar-refractivity contribution in [3.05, 3.63) is 82.4 Å². The first-order valence-corrected chi connectivity index (χ1v) is 22.6. The predicted molar refractivity (Wildman–Crippen MR) is 232 cm³/mol.